The van der Waals surface area contributed by atoms with Crippen LogP contribution in [0.1, 0.15) is 46.5 Å². The topological polar surface area (TPSA) is 64.4 Å². The first-order valence-electron chi connectivity index (χ1n) is 6.09. The van der Waals surface area contributed by atoms with Crippen LogP contribution in [0.5, 0.6) is 0 Å². The predicted octanol–water partition coefficient (Wildman–Crippen LogP) is 1.19. The summed E-state index contributed by atoms with van der Waals surface area (Å²) in [4.78, 5) is 12.0. The van der Waals surface area contributed by atoms with Gasteiger partial charge in [-0.2, -0.15) is 0 Å². The number of carbonyl (C=O) groups is 1. The number of hydrogen-bond acceptors (Lipinski definition) is 3. The molecule has 0 aromatic carbocycles. The standard InChI is InChI=1S/C12H24N2O2/c1-4-6-12(3,13)10(15)14-11(2)7-5-8-16-9-11/h4-9,13H2,1-3H3,(H,14,15). The normalized spacial score (nSPS) is 29.5. The molecule has 2 unspecified atom stereocenters. The van der Waals surface area contributed by atoms with Crippen LogP contribution in [0.15, 0.2) is 0 Å². The fourth-order valence-electron chi connectivity index (χ4n) is 2.08. The lowest BCUT2D eigenvalue weighted by Crippen LogP contribution is -2.60. The summed E-state index contributed by atoms with van der Waals surface area (Å²) in [6.07, 6.45) is 3.57. The summed E-state index contributed by atoms with van der Waals surface area (Å²) in [5.74, 6) is -0.0673. The van der Waals surface area contributed by atoms with Crippen LogP contribution < -0.4 is 11.1 Å². The summed E-state index contributed by atoms with van der Waals surface area (Å²) < 4.78 is 5.40. The second kappa shape index (κ2) is 5.15. The Kier molecular flexibility index (Phi) is 4.33. The molecule has 1 heterocycles. The number of rotatable bonds is 4. The fourth-order valence-corrected chi connectivity index (χ4v) is 2.08. The Bertz CT molecular complexity index is 245. The van der Waals surface area contributed by atoms with Crippen molar-refractivity contribution >= 4 is 5.91 Å². The van der Waals surface area contributed by atoms with Gasteiger partial charge in [0.25, 0.3) is 0 Å². The van der Waals surface area contributed by atoms with Gasteiger partial charge in [0.2, 0.25) is 5.91 Å². The zero-order valence-electron chi connectivity index (χ0n) is 10.6. The fraction of sp³-hybridized carbons (Fsp3) is 0.917. The summed E-state index contributed by atoms with van der Waals surface area (Å²) >= 11 is 0. The molecular formula is C12H24N2O2. The molecule has 4 heteroatoms. The van der Waals surface area contributed by atoms with Crippen molar-refractivity contribution in [3.63, 3.8) is 0 Å². The third-order valence-corrected chi connectivity index (χ3v) is 3.14. The van der Waals surface area contributed by atoms with Crippen LogP contribution in [0.3, 0.4) is 0 Å². The lowest BCUT2D eigenvalue weighted by Gasteiger charge is -2.37. The molecule has 0 spiro atoms. The van der Waals surface area contributed by atoms with E-state index in [1.165, 1.54) is 0 Å². The van der Waals surface area contributed by atoms with Gasteiger partial charge in [-0.1, -0.05) is 13.3 Å². The highest BCUT2D eigenvalue weighted by atomic mass is 16.5. The summed E-state index contributed by atoms with van der Waals surface area (Å²) in [5, 5.41) is 3.03. The minimum absolute atomic E-state index is 0.0673. The molecule has 16 heavy (non-hydrogen) atoms. The van der Waals surface area contributed by atoms with Crippen molar-refractivity contribution in [2.75, 3.05) is 13.2 Å². The van der Waals surface area contributed by atoms with Gasteiger partial charge in [0.1, 0.15) is 0 Å². The molecule has 1 aliphatic rings. The van der Waals surface area contributed by atoms with E-state index in [9.17, 15) is 4.79 Å². The highest BCUT2D eigenvalue weighted by Crippen LogP contribution is 2.20. The zero-order chi connectivity index (χ0) is 12.2. The molecule has 1 saturated heterocycles. The van der Waals surface area contributed by atoms with Crippen LogP contribution in [0, 0.1) is 0 Å². The van der Waals surface area contributed by atoms with E-state index in [1.807, 2.05) is 13.8 Å². The van der Waals surface area contributed by atoms with E-state index in [4.69, 9.17) is 10.5 Å². The van der Waals surface area contributed by atoms with Gasteiger partial charge in [0.15, 0.2) is 0 Å². The molecule has 94 valence electrons. The lowest BCUT2D eigenvalue weighted by molar-refractivity contribution is -0.129. The number of carbonyl (C=O) groups excluding carboxylic acids is 1. The molecule has 0 aliphatic carbocycles. The summed E-state index contributed by atoms with van der Waals surface area (Å²) in [6.45, 7) is 7.22. The molecule has 2 atom stereocenters. The Balaban J connectivity index is 2.55. The van der Waals surface area contributed by atoms with Crippen LogP contribution in [-0.2, 0) is 9.53 Å². The van der Waals surface area contributed by atoms with E-state index >= 15 is 0 Å². The van der Waals surface area contributed by atoms with Gasteiger partial charge in [-0.25, -0.2) is 0 Å². The Morgan fingerprint density at radius 1 is 1.62 bits per heavy atom. The van der Waals surface area contributed by atoms with Crippen molar-refractivity contribution in [2.24, 2.45) is 5.73 Å². The lowest BCUT2D eigenvalue weighted by atomic mass is 9.91. The van der Waals surface area contributed by atoms with Crippen molar-refractivity contribution in [1.29, 1.82) is 0 Å². The van der Waals surface area contributed by atoms with E-state index in [0.717, 1.165) is 25.9 Å². The minimum Gasteiger partial charge on any atom is -0.379 e. The average Bonchev–Trinajstić information content (AvgIpc) is 2.17. The van der Waals surface area contributed by atoms with E-state index in [0.29, 0.717) is 13.0 Å². The number of amides is 1. The SMILES string of the molecule is CCCC(C)(N)C(=O)NC1(C)CCCOC1. The van der Waals surface area contributed by atoms with Crippen molar-refractivity contribution in [2.45, 2.75) is 57.5 Å². The van der Waals surface area contributed by atoms with E-state index < -0.39 is 5.54 Å². The van der Waals surface area contributed by atoms with Crippen LogP contribution in [0.25, 0.3) is 0 Å². The molecule has 4 nitrogen and oxygen atoms in total. The minimum atomic E-state index is -0.769. The van der Waals surface area contributed by atoms with Crippen molar-refractivity contribution < 1.29 is 9.53 Å². The summed E-state index contributed by atoms with van der Waals surface area (Å²) in [6, 6.07) is 0. The van der Waals surface area contributed by atoms with Gasteiger partial charge in [-0.15, -0.1) is 0 Å². The van der Waals surface area contributed by atoms with Gasteiger partial charge in [-0.3, -0.25) is 4.79 Å². The van der Waals surface area contributed by atoms with Crippen molar-refractivity contribution in [3.05, 3.63) is 0 Å². The molecule has 0 radical (unpaired) electrons. The first-order chi connectivity index (χ1) is 7.40. The molecule has 1 aliphatic heterocycles. The van der Waals surface area contributed by atoms with Gasteiger partial charge in [-0.05, 0) is 33.1 Å². The maximum atomic E-state index is 12.0. The summed E-state index contributed by atoms with van der Waals surface area (Å²) in [5.41, 5.74) is 4.98. The highest BCUT2D eigenvalue weighted by Gasteiger charge is 2.35. The molecular weight excluding hydrogens is 204 g/mol. The molecule has 0 aromatic heterocycles. The maximum absolute atomic E-state index is 12.0. The smallest absolute Gasteiger partial charge is 0.240 e. The van der Waals surface area contributed by atoms with Crippen molar-refractivity contribution in [3.8, 4) is 0 Å². The number of nitrogens with two attached hydrogens (primary N) is 1. The monoisotopic (exact) mass is 228 g/mol. The van der Waals surface area contributed by atoms with E-state index in [1.54, 1.807) is 6.92 Å². The van der Waals surface area contributed by atoms with Crippen LogP contribution in [-0.4, -0.2) is 30.2 Å². The third-order valence-electron chi connectivity index (χ3n) is 3.14. The predicted molar refractivity (Wildman–Crippen MR) is 64.1 cm³/mol. The number of nitrogens with one attached hydrogen (secondary N) is 1. The van der Waals surface area contributed by atoms with Gasteiger partial charge in [0.05, 0.1) is 17.7 Å². The first-order valence-corrected chi connectivity index (χ1v) is 6.09. The number of hydrogen-bond donors (Lipinski definition) is 2. The Labute approximate surface area is 97.9 Å². The molecule has 0 bridgehead atoms. The van der Waals surface area contributed by atoms with Crippen LogP contribution in [0.4, 0.5) is 0 Å². The molecule has 0 aromatic rings. The zero-order valence-corrected chi connectivity index (χ0v) is 10.6. The second-order valence-electron chi connectivity index (χ2n) is 5.34. The molecule has 0 saturated carbocycles. The van der Waals surface area contributed by atoms with E-state index in [2.05, 4.69) is 5.32 Å². The molecule has 3 N–H and O–H groups in total. The maximum Gasteiger partial charge on any atom is 0.240 e. The van der Waals surface area contributed by atoms with Crippen LogP contribution in [0.2, 0.25) is 0 Å². The van der Waals surface area contributed by atoms with Crippen molar-refractivity contribution in [1.82, 2.24) is 5.32 Å². The van der Waals surface area contributed by atoms with E-state index in [-0.39, 0.29) is 11.4 Å². The Morgan fingerprint density at radius 3 is 2.81 bits per heavy atom. The quantitative estimate of drug-likeness (QED) is 0.759. The Hall–Kier alpha value is -0.610. The Morgan fingerprint density at radius 2 is 2.31 bits per heavy atom. The van der Waals surface area contributed by atoms with Gasteiger partial charge < -0.3 is 15.8 Å². The molecule has 1 fully saturated rings. The summed E-state index contributed by atoms with van der Waals surface area (Å²) in [7, 11) is 0. The largest absolute Gasteiger partial charge is 0.379 e. The molecule has 1 rings (SSSR count). The van der Waals surface area contributed by atoms with Crippen LogP contribution >= 0.6 is 0 Å². The first kappa shape index (κ1) is 13.5. The molecule has 1 amide bonds. The highest BCUT2D eigenvalue weighted by molar-refractivity contribution is 5.86. The van der Waals surface area contributed by atoms with Gasteiger partial charge in [0, 0.05) is 6.61 Å². The third kappa shape index (κ3) is 3.46. The number of ether oxygens (including phenoxy) is 1. The average molecular weight is 228 g/mol. The second-order valence-corrected chi connectivity index (χ2v) is 5.34. The van der Waals surface area contributed by atoms with Gasteiger partial charge >= 0.3 is 0 Å².